The number of alkyl halides is 2. The van der Waals surface area contributed by atoms with Crippen molar-refractivity contribution in [2.45, 2.75) is 26.6 Å². The SMILES string of the molecule is CN=C(NCc1ccc(N(C)C)cc1C)NCc1ccccc1OC(F)F.I. The van der Waals surface area contributed by atoms with Crippen LogP contribution >= 0.6 is 24.0 Å². The maximum atomic E-state index is 12.5. The van der Waals surface area contributed by atoms with Crippen molar-refractivity contribution in [3.05, 3.63) is 59.2 Å². The van der Waals surface area contributed by atoms with E-state index in [1.165, 1.54) is 11.6 Å². The van der Waals surface area contributed by atoms with Crippen molar-refractivity contribution in [3.63, 3.8) is 0 Å². The summed E-state index contributed by atoms with van der Waals surface area (Å²) in [6.07, 6.45) is 0. The third kappa shape index (κ3) is 7.14. The Morgan fingerprint density at radius 2 is 1.71 bits per heavy atom. The molecule has 2 N–H and O–H groups in total. The topological polar surface area (TPSA) is 48.9 Å². The summed E-state index contributed by atoms with van der Waals surface area (Å²) in [7, 11) is 5.68. The van der Waals surface area contributed by atoms with Crippen LogP contribution in [0.3, 0.4) is 0 Å². The summed E-state index contributed by atoms with van der Waals surface area (Å²) in [6.45, 7) is 0.143. The molecule has 0 amide bonds. The lowest BCUT2D eigenvalue weighted by Crippen LogP contribution is -2.36. The van der Waals surface area contributed by atoms with Gasteiger partial charge in [-0.25, -0.2) is 0 Å². The molecule has 0 unspecified atom stereocenters. The fourth-order valence-corrected chi connectivity index (χ4v) is 2.60. The molecule has 2 aromatic rings. The Labute approximate surface area is 182 Å². The first-order valence-corrected chi connectivity index (χ1v) is 8.64. The molecule has 0 saturated carbocycles. The Morgan fingerprint density at radius 1 is 1.07 bits per heavy atom. The van der Waals surface area contributed by atoms with Crippen LogP contribution in [0.1, 0.15) is 16.7 Å². The van der Waals surface area contributed by atoms with Gasteiger partial charge >= 0.3 is 6.61 Å². The summed E-state index contributed by atoms with van der Waals surface area (Å²) in [5, 5.41) is 6.37. The van der Waals surface area contributed by atoms with E-state index < -0.39 is 6.61 Å². The van der Waals surface area contributed by atoms with Gasteiger partial charge in [-0.2, -0.15) is 8.78 Å². The summed E-state index contributed by atoms with van der Waals surface area (Å²) in [5.74, 6) is 0.739. The van der Waals surface area contributed by atoms with Gasteiger partial charge in [-0.1, -0.05) is 24.3 Å². The van der Waals surface area contributed by atoms with Crippen molar-refractivity contribution in [3.8, 4) is 5.75 Å². The second-order valence-electron chi connectivity index (χ2n) is 6.27. The molecule has 8 heteroatoms. The Balaban J connectivity index is 0.00000392. The van der Waals surface area contributed by atoms with Crippen LogP contribution in [0, 0.1) is 6.92 Å². The van der Waals surface area contributed by atoms with Crippen LogP contribution in [-0.4, -0.2) is 33.7 Å². The molecule has 2 rings (SSSR count). The van der Waals surface area contributed by atoms with E-state index in [9.17, 15) is 8.78 Å². The maximum Gasteiger partial charge on any atom is 0.387 e. The Bertz CT molecular complexity index is 785. The number of ether oxygens (including phenoxy) is 1. The molecule has 0 bridgehead atoms. The van der Waals surface area contributed by atoms with Gasteiger partial charge in [-0.15, -0.1) is 24.0 Å². The van der Waals surface area contributed by atoms with E-state index in [0.29, 0.717) is 24.6 Å². The number of guanidine groups is 1. The van der Waals surface area contributed by atoms with Crippen LogP contribution in [0.4, 0.5) is 14.5 Å². The highest BCUT2D eigenvalue weighted by Gasteiger charge is 2.10. The van der Waals surface area contributed by atoms with Gasteiger partial charge in [0.1, 0.15) is 5.75 Å². The van der Waals surface area contributed by atoms with E-state index in [1.807, 2.05) is 14.1 Å². The minimum atomic E-state index is -2.85. The van der Waals surface area contributed by atoms with Gasteiger partial charge in [0.2, 0.25) is 0 Å². The number of anilines is 1. The van der Waals surface area contributed by atoms with Gasteiger partial charge in [0.05, 0.1) is 0 Å². The lowest BCUT2D eigenvalue weighted by atomic mass is 10.1. The number of hydrogen-bond acceptors (Lipinski definition) is 3. The first-order valence-electron chi connectivity index (χ1n) is 8.64. The van der Waals surface area contributed by atoms with Crippen molar-refractivity contribution in [2.75, 3.05) is 26.0 Å². The predicted octanol–water partition coefficient (Wildman–Crippen LogP) is 4.15. The smallest absolute Gasteiger partial charge is 0.387 e. The highest BCUT2D eigenvalue weighted by atomic mass is 127. The molecule has 0 atom stereocenters. The Hall–Kier alpha value is -2.10. The number of benzene rings is 2. The lowest BCUT2D eigenvalue weighted by molar-refractivity contribution is -0.0504. The Kier molecular flexibility index (Phi) is 9.98. The van der Waals surface area contributed by atoms with E-state index in [2.05, 4.69) is 50.4 Å². The largest absolute Gasteiger partial charge is 0.434 e. The third-order valence-corrected chi connectivity index (χ3v) is 4.15. The summed E-state index contributed by atoms with van der Waals surface area (Å²) < 4.78 is 29.6. The van der Waals surface area contributed by atoms with Crippen molar-refractivity contribution >= 4 is 35.6 Å². The quantitative estimate of drug-likeness (QED) is 0.338. The number of nitrogens with zero attached hydrogens (tertiary/aromatic N) is 2. The zero-order chi connectivity index (χ0) is 19.8. The van der Waals surface area contributed by atoms with E-state index >= 15 is 0 Å². The maximum absolute atomic E-state index is 12.5. The van der Waals surface area contributed by atoms with Gasteiger partial charge in [0, 0.05) is 45.5 Å². The lowest BCUT2D eigenvalue weighted by Gasteiger charge is -2.17. The molecule has 0 aromatic heterocycles. The molecule has 28 heavy (non-hydrogen) atoms. The molecule has 0 spiro atoms. The number of rotatable bonds is 7. The average molecular weight is 504 g/mol. The second kappa shape index (κ2) is 11.7. The summed E-state index contributed by atoms with van der Waals surface area (Å²) in [4.78, 5) is 6.24. The number of aliphatic imine (C=N–C) groups is 1. The van der Waals surface area contributed by atoms with Crippen LogP contribution in [0.5, 0.6) is 5.75 Å². The molecule has 0 heterocycles. The molecular formula is C20H27F2IN4O. The first-order chi connectivity index (χ1) is 12.9. The molecule has 0 aliphatic carbocycles. The molecule has 0 aliphatic rings. The zero-order valence-electron chi connectivity index (χ0n) is 16.5. The van der Waals surface area contributed by atoms with E-state index in [0.717, 1.165) is 11.3 Å². The predicted molar refractivity (Wildman–Crippen MR) is 121 cm³/mol. The molecule has 0 fully saturated rings. The van der Waals surface area contributed by atoms with E-state index in [1.54, 1.807) is 25.2 Å². The van der Waals surface area contributed by atoms with Crippen LogP contribution in [-0.2, 0) is 13.1 Å². The molecule has 154 valence electrons. The van der Waals surface area contributed by atoms with Gasteiger partial charge in [-0.05, 0) is 36.2 Å². The average Bonchev–Trinajstić information content (AvgIpc) is 2.63. The van der Waals surface area contributed by atoms with Crippen molar-refractivity contribution in [1.29, 1.82) is 0 Å². The van der Waals surface area contributed by atoms with Crippen molar-refractivity contribution < 1.29 is 13.5 Å². The third-order valence-electron chi connectivity index (χ3n) is 4.15. The van der Waals surface area contributed by atoms with Gasteiger partial charge in [0.15, 0.2) is 5.96 Å². The molecule has 5 nitrogen and oxygen atoms in total. The Morgan fingerprint density at radius 3 is 2.29 bits per heavy atom. The highest BCUT2D eigenvalue weighted by Crippen LogP contribution is 2.20. The summed E-state index contributed by atoms with van der Waals surface area (Å²) in [5.41, 5.74) is 4.12. The summed E-state index contributed by atoms with van der Waals surface area (Å²) in [6, 6.07) is 13.0. The number of aryl methyl sites for hydroxylation is 1. The molecule has 0 saturated heterocycles. The normalized spacial score (nSPS) is 11.0. The monoisotopic (exact) mass is 504 g/mol. The van der Waals surface area contributed by atoms with Crippen LogP contribution in [0.15, 0.2) is 47.5 Å². The first kappa shape index (κ1) is 23.9. The zero-order valence-corrected chi connectivity index (χ0v) is 18.8. The standard InChI is InChI=1S/C20H26F2N4O.HI/c1-14-11-17(26(3)4)10-9-15(14)12-24-20(23-2)25-13-16-7-5-6-8-18(16)27-19(21)22;/h5-11,19H,12-13H2,1-4H3,(H2,23,24,25);1H. The van der Waals surface area contributed by atoms with Gasteiger partial charge < -0.3 is 20.3 Å². The number of halogens is 3. The highest BCUT2D eigenvalue weighted by molar-refractivity contribution is 14.0. The number of para-hydroxylation sites is 1. The van der Waals surface area contributed by atoms with Gasteiger partial charge in [0.25, 0.3) is 0 Å². The minimum Gasteiger partial charge on any atom is -0.434 e. The van der Waals surface area contributed by atoms with Crippen LogP contribution in [0.2, 0.25) is 0 Å². The van der Waals surface area contributed by atoms with Crippen LogP contribution < -0.4 is 20.3 Å². The molecule has 2 aromatic carbocycles. The number of nitrogens with one attached hydrogen (secondary N) is 2. The number of hydrogen-bond donors (Lipinski definition) is 2. The molecule has 0 radical (unpaired) electrons. The second-order valence-corrected chi connectivity index (χ2v) is 6.27. The van der Waals surface area contributed by atoms with Gasteiger partial charge in [-0.3, -0.25) is 4.99 Å². The molecule has 0 aliphatic heterocycles. The van der Waals surface area contributed by atoms with Crippen molar-refractivity contribution in [2.24, 2.45) is 4.99 Å². The summed E-state index contributed by atoms with van der Waals surface area (Å²) >= 11 is 0. The fraction of sp³-hybridized carbons (Fsp3) is 0.350. The van der Waals surface area contributed by atoms with E-state index in [4.69, 9.17) is 0 Å². The van der Waals surface area contributed by atoms with Crippen molar-refractivity contribution in [1.82, 2.24) is 10.6 Å². The fourth-order valence-electron chi connectivity index (χ4n) is 2.60. The minimum absolute atomic E-state index is 0. The molecular weight excluding hydrogens is 477 g/mol. The van der Waals surface area contributed by atoms with Crippen LogP contribution in [0.25, 0.3) is 0 Å². The van der Waals surface area contributed by atoms with E-state index in [-0.39, 0.29) is 29.7 Å².